The van der Waals surface area contributed by atoms with Crippen molar-refractivity contribution < 1.29 is 0 Å². The maximum absolute atomic E-state index is 4.35. The van der Waals surface area contributed by atoms with E-state index in [0.29, 0.717) is 0 Å². The molecule has 12 rings (SSSR count). The van der Waals surface area contributed by atoms with E-state index in [9.17, 15) is 0 Å². The minimum Gasteiger partial charge on any atom is -0.311 e. The standard InChI is InChI=1S/C73H56N2S3.CH2S/c1-6-17-57(7-2)74(59-34-24-50(3)25-35-59)61-38-42-64-66(48-61)72(55-30-26-53(27-31-55)70-46-44-68(76-70)51-18-11-8-12-19-51)65-43-39-62(75(58-22-15-10-16-23-58)60-36-40-63(41-37-60)78(4)5)49-67(65)73(64)56-32-28-54(29-33-56)71-47-45-69(77-71)52-20-13-9-14-21-52;1-2/h6-49H,1-2,4H2,3,5H3;1H2/b57-17+;/t78-;/m0./s1. The van der Waals surface area contributed by atoms with Crippen LogP contribution in [0.5, 0.6) is 0 Å². The van der Waals surface area contributed by atoms with Crippen molar-refractivity contribution in [3.8, 4) is 64.0 Å². The fraction of sp³-hybridized carbons (Fsp3) is 0.0270. The number of rotatable bonds is 15. The van der Waals surface area contributed by atoms with Crippen LogP contribution in [0.25, 0.3) is 85.6 Å². The quantitative estimate of drug-likeness (QED) is 0.0574. The Labute approximate surface area is 486 Å². The third-order valence-electron chi connectivity index (χ3n) is 14.4. The van der Waals surface area contributed by atoms with Gasteiger partial charge in [0.15, 0.2) is 0 Å². The molecule has 0 fully saturated rings. The van der Waals surface area contributed by atoms with Gasteiger partial charge in [-0.3, -0.25) is 0 Å². The van der Waals surface area contributed by atoms with Crippen molar-refractivity contribution in [2.75, 3.05) is 16.1 Å². The highest BCUT2D eigenvalue weighted by Crippen LogP contribution is 2.49. The van der Waals surface area contributed by atoms with Gasteiger partial charge in [0.1, 0.15) is 0 Å². The number of para-hydroxylation sites is 1. The van der Waals surface area contributed by atoms with Crippen LogP contribution in [0.1, 0.15) is 5.56 Å². The number of fused-ring (bicyclic) bond motifs is 2. The van der Waals surface area contributed by atoms with Gasteiger partial charge < -0.3 is 9.80 Å². The molecule has 1 atom stereocenters. The molecular formula is C74H58N2S4. The molecule has 80 heavy (non-hydrogen) atoms. The van der Waals surface area contributed by atoms with Crippen LogP contribution >= 0.6 is 45.4 Å². The van der Waals surface area contributed by atoms with E-state index < -0.39 is 0 Å². The summed E-state index contributed by atoms with van der Waals surface area (Å²) in [4.78, 5) is 10.9. The number of aryl methyl sites for hydroxylation is 1. The molecule has 388 valence electrons. The average molecular weight is 1100 g/mol. The largest absolute Gasteiger partial charge is 0.311 e. The SMILES string of the molecule is C=C/C=C(\C=C)N(c1ccc(C)cc1)c1ccc2c(-c3ccc(-c4ccc(-c5ccccc5)s4)cc3)c3cc(N(c4ccccc4)c4ccc([S@@](=C)C)cc4)ccc3c(-c3ccc(-c4ccc(-c5ccccc5)s4)cc3)c2c1.C=S. The Morgan fingerprint density at radius 3 is 1.25 bits per heavy atom. The highest BCUT2D eigenvalue weighted by Gasteiger charge is 2.23. The number of thiocarbonyl (C=S) groups is 1. The molecule has 2 aromatic heterocycles. The summed E-state index contributed by atoms with van der Waals surface area (Å²) >= 11 is 7.49. The lowest BCUT2D eigenvalue weighted by molar-refractivity contribution is 1.21. The Bertz CT molecular complexity index is 4190. The first-order valence-corrected chi connectivity index (χ1v) is 30.4. The molecule has 0 N–H and O–H groups in total. The molecule has 10 aromatic carbocycles. The van der Waals surface area contributed by atoms with Crippen LogP contribution in [0.3, 0.4) is 0 Å². The summed E-state index contributed by atoms with van der Waals surface area (Å²) in [5.74, 6) is 7.19. The second-order valence-corrected chi connectivity index (χ2v) is 23.3. The smallest absolute Gasteiger partial charge is 0.0468 e. The lowest BCUT2D eigenvalue weighted by Gasteiger charge is -2.28. The van der Waals surface area contributed by atoms with E-state index >= 15 is 0 Å². The molecule has 12 aromatic rings. The second kappa shape index (κ2) is 24.1. The molecule has 0 saturated carbocycles. The Balaban J connectivity index is 0.00000334. The van der Waals surface area contributed by atoms with E-state index in [1.807, 2.05) is 40.9 Å². The summed E-state index contributed by atoms with van der Waals surface area (Å²) in [5, 5.41) is 4.62. The van der Waals surface area contributed by atoms with Gasteiger partial charge in [0, 0.05) is 58.5 Å². The van der Waals surface area contributed by atoms with Gasteiger partial charge in [0.05, 0.1) is 0 Å². The lowest BCUT2D eigenvalue weighted by Crippen LogP contribution is -2.15. The number of anilines is 5. The lowest BCUT2D eigenvalue weighted by atomic mass is 9.85. The molecule has 2 heterocycles. The summed E-state index contributed by atoms with van der Waals surface area (Å²) in [6.45, 7) is 10.5. The molecule has 0 radical (unpaired) electrons. The topological polar surface area (TPSA) is 6.48 Å². The van der Waals surface area contributed by atoms with Gasteiger partial charge in [-0.25, -0.2) is 0 Å². The summed E-state index contributed by atoms with van der Waals surface area (Å²) in [6.07, 6.45) is 7.95. The maximum Gasteiger partial charge on any atom is 0.0468 e. The Hall–Kier alpha value is -8.75. The van der Waals surface area contributed by atoms with Crippen LogP contribution in [0.2, 0.25) is 0 Å². The van der Waals surface area contributed by atoms with E-state index in [1.54, 1.807) is 0 Å². The summed E-state index contributed by atoms with van der Waals surface area (Å²) in [7, 11) is -0.112. The third kappa shape index (κ3) is 10.9. The van der Waals surface area contributed by atoms with Crippen molar-refractivity contribution in [3.05, 3.63) is 291 Å². The van der Waals surface area contributed by atoms with Crippen LogP contribution in [0, 0.1) is 6.92 Å². The number of thiophene rings is 2. The van der Waals surface area contributed by atoms with E-state index in [1.165, 1.54) is 63.3 Å². The van der Waals surface area contributed by atoms with Gasteiger partial charge >= 0.3 is 0 Å². The predicted molar refractivity (Wildman–Crippen MR) is 360 cm³/mol. The van der Waals surface area contributed by atoms with Crippen molar-refractivity contribution in [1.29, 1.82) is 0 Å². The summed E-state index contributed by atoms with van der Waals surface area (Å²) < 4.78 is 0. The van der Waals surface area contributed by atoms with Crippen LogP contribution in [-0.4, -0.2) is 18.0 Å². The Kier molecular flexibility index (Phi) is 16.0. The number of hydrogen-bond donors (Lipinski definition) is 0. The zero-order valence-corrected chi connectivity index (χ0v) is 48.0. The Morgan fingerprint density at radius 1 is 0.412 bits per heavy atom. The van der Waals surface area contributed by atoms with Gasteiger partial charge in [0.2, 0.25) is 0 Å². The maximum atomic E-state index is 4.35. The molecule has 0 amide bonds. The number of nitrogens with zero attached hydrogens (tertiary/aromatic N) is 2. The molecule has 0 unspecified atom stereocenters. The van der Waals surface area contributed by atoms with E-state index in [-0.39, 0.29) is 10.5 Å². The van der Waals surface area contributed by atoms with Gasteiger partial charge in [-0.05, 0) is 194 Å². The minimum atomic E-state index is -0.112. The second-order valence-electron chi connectivity index (χ2n) is 19.4. The van der Waals surface area contributed by atoms with Crippen molar-refractivity contribution >= 4 is 107 Å². The monoisotopic (exact) mass is 1100 g/mol. The van der Waals surface area contributed by atoms with Gasteiger partial charge in [-0.1, -0.05) is 195 Å². The van der Waals surface area contributed by atoms with Crippen molar-refractivity contribution in [2.45, 2.75) is 11.8 Å². The highest BCUT2D eigenvalue weighted by molar-refractivity contribution is 8.13. The van der Waals surface area contributed by atoms with Crippen LogP contribution in [0.15, 0.2) is 291 Å². The van der Waals surface area contributed by atoms with E-state index in [4.69, 9.17) is 0 Å². The number of allylic oxidation sites excluding steroid dienone is 3. The van der Waals surface area contributed by atoms with Gasteiger partial charge in [-0.15, -0.1) is 22.7 Å². The summed E-state index contributed by atoms with van der Waals surface area (Å²) in [6, 6.07) is 91.1. The van der Waals surface area contributed by atoms with E-state index in [2.05, 4.69) is 309 Å². The van der Waals surface area contributed by atoms with E-state index in [0.717, 1.165) is 66.8 Å². The fourth-order valence-electron chi connectivity index (χ4n) is 10.6. The van der Waals surface area contributed by atoms with Gasteiger partial charge in [-0.2, -0.15) is 10.5 Å². The average Bonchev–Trinajstić information content (AvgIpc) is 4.35. The molecule has 0 saturated heterocycles. The zero-order chi connectivity index (χ0) is 55.1. The molecular weight excluding hydrogens is 1050 g/mol. The third-order valence-corrected chi connectivity index (χ3v) is 17.8. The first kappa shape index (κ1) is 53.3. The number of benzene rings is 10. The zero-order valence-electron chi connectivity index (χ0n) is 44.8. The Morgan fingerprint density at radius 2 is 0.800 bits per heavy atom. The number of hydrogen-bond acceptors (Lipinski definition) is 5. The molecule has 2 nitrogen and oxygen atoms in total. The first-order chi connectivity index (χ1) is 39.3. The first-order valence-electron chi connectivity index (χ1n) is 26.4. The molecule has 0 spiro atoms. The molecule has 0 bridgehead atoms. The van der Waals surface area contributed by atoms with Gasteiger partial charge in [0.25, 0.3) is 0 Å². The normalized spacial score (nSPS) is 11.7. The molecule has 0 aliphatic rings. The molecule has 6 heteroatoms. The van der Waals surface area contributed by atoms with Crippen LogP contribution < -0.4 is 9.80 Å². The van der Waals surface area contributed by atoms with Crippen molar-refractivity contribution in [3.63, 3.8) is 0 Å². The van der Waals surface area contributed by atoms with Crippen LogP contribution in [0.4, 0.5) is 28.4 Å². The highest BCUT2D eigenvalue weighted by atomic mass is 32.2. The minimum absolute atomic E-state index is 0.112. The molecule has 0 aliphatic heterocycles. The van der Waals surface area contributed by atoms with Crippen molar-refractivity contribution in [2.24, 2.45) is 0 Å². The summed E-state index contributed by atoms with van der Waals surface area (Å²) in [5.41, 5.74) is 16.9. The predicted octanol–water partition coefficient (Wildman–Crippen LogP) is 22.6. The fourth-order valence-corrected chi connectivity index (χ4v) is 13.2. The van der Waals surface area contributed by atoms with Crippen molar-refractivity contribution in [1.82, 2.24) is 0 Å². The molecule has 0 aliphatic carbocycles. The van der Waals surface area contributed by atoms with Crippen LogP contribution in [-0.2, 0) is 0 Å².